The van der Waals surface area contributed by atoms with E-state index < -0.39 is 17.8 Å². The van der Waals surface area contributed by atoms with Crippen LogP contribution in [0.5, 0.6) is 0 Å². The molecule has 4 rings (SSSR count). The molecule has 1 N–H and O–H groups in total. The smallest absolute Gasteiger partial charge is 0.348 e. The van der Waals surface area contributed by atoms with Gasteiger partial charge in [0.2, 0.25) is 0 Å². The van der Waals surface area contributed by atoms with Gasteiger partial charge >= 0.3 is 11.9 Å². The van der Waals surface area contributed by atoms with E-state index in [1.807, 2.05) is 54.6 Å². The lowest BCUT2D eigenvalue weighted by Crippen LogP contribution is -2.17. The normalized spacial score (nSPS) is 11.1. The maximum absolute atomic E-state index is 13.7. The van der Waals surface area contributed by atoms with Gasteiger partial charge in [-0.1, -0.05) is 48.5 Å². The number of pyridine rings is 1. The minimum absolute atomic E-state index is 0.143. The number of hydrogen-bond acceptors (Lipinski definition) is 7. The Bertz CT molecular complexity index is 1470. The first-order valence-electron chi connectivity index (χ1n) is 12.0. The van der Waals surface area contributed by atoms with Crippen LogP contribution >= 0.6 is 11.3 Å². The number of benzene rings is 2. The SMILES string of the molecule is Cc1c(C(=O)OC(C)C)sc(NC(=O)c2cc(-c3ccccc3)nc3ccccc23)c1C(=O)OC(C)C. The summed E-state index contributed by atoms with van der Waals surface area (Å²) < 4.78 is 10.8. The van der Waals surface area contributed by atoms with Crippen LogP contribution in [0, 0.1) is 6.92 Å². The van der Waals surface area contributed by atoms with E-state index in [2.05, 4.69) is 5.32 Å². The molecule has 0 aliphatic heterocycles. The monoisotopic (exact) mass is 516 g/mol. The van der Waals surface area contributed by atoms with Gasteiger partial charge in [0.05, 0.1) is 34.5 Å². The number of nitrogens with one attached hydrogen (secondary N) is 1. The van der Waals surface area contributed by atoms with Crippen LogP contribution in [0.1, 0.15) is 63.6 Å². The zero-order chi connectivity index (χ0) is 26.7. The highest BCUT2D eigenvalue weighted by atomic mass is 32.1. The molecule has 7 nitrogen and oxygen atoms in total. The number of hydrogen-bond donors (Lipinski definition) is 1. The molecule has 2 heterocycles. The summed E-state index contributed by atoms with van der Waals surface area (Å²) in [5, 5.41) is 3.76. The molecular weight excluding hydrogens is 488 g/mol. The first kappa shape index (κ1) is 26.0. The Morgan fingerprint density at radius 2 is 1.49 bits per heavy atom. The molecule has 0 saturated carbocycles. The number of ether oxygens (including phenoxy) is 2. The van der Waals surface area contributed by atoms with E-state index in [0.717, 1.165) is 16.9 Å². The molecule has 1 amide bonds. The van der Waals surface area contributed by atoms with E-state index in [1.165, 1.54) is 0 Å². The Balaban J connectivity index is 1.79. The summed E-state index contributed by atoms with van der Waals surface area (Å²) >= 11 is 0.998. The van der Waals surface area contributed by atoms with E-state index in [0.29, 0.717) is 27.7 Å². The molecular formula is C29H28N2O5S. The zero-order valence-corrected chi connectivity index (χ0v) is 22.1. The summed E-state index contributed by atoms with van der Waals surface area (Å²) in [4.78, 5) is 44.4. The number of amides is 1. The number of fused-ring (bicyclic) bond motifs is 1. The molecule has 4 aromatic rings. The van der Waals surface area contributed by atoms with E-state index in [4.69, 9.17) is 14.5 Å². The van der Waals surface area contributed by atoms with Crippen molar-refractivity contribution < 1.29 is 23.9 Å². The third-order valence-corrected chi connectivity index (χ3v) is 6.67. The van der Waals surface area contributed by atoms with Crippen LogP contribution in [0.15, 0.2) is 60.7 Å². The fourth-order valence-corrected chi connectivity index (χ4v) is 4.95. The van der Waals surface area contributed by atoms with Crippen molar-refractivity contribution in [2.24, 2.45) is 0 Å². The van der Waals surface area contributed by atoms with E-state index in [1.54, 1.807) is 40.7 Å². The van der Waals surface area contributed by atoms with Crippen LogP contribution < -0.4 is 5.32 Å². The second-order valence-electron chi connectivity index (χ2n) is 9.06. The van der Waals surface area contributed by atoms with Gasteiger partial charge in [-0.25, -0.2) is 14.6 Å². The van der Waals surface area contributed by atoms with Crippen LogP contribution in [-0.4, -0.2) is 35.0 Å². The maximum Gasteiger partial charge on any atom is 0.348 e. The molecule has 2 aromatic heterocycles. The Morgan fingerprint density at radius 3 is 2.16 bits per heavy atom. The average molecular weight is 517 g/mol. The second-order valence-corrected chi connectivity index (χ2v) is 10.1. The molecule has 190 valence electrons. The lowest BCUT2D eigenvalue weighted by molar-refractivity contribution is 0.0378. The fourth-order valence-electron chi connectivity index (χ4n) is 3.87. The number of anilines is 1. The second kappa shape index (κ2) is 10.9. The van der Waals surface area contributed by atoms with Crippen LogP contribution in [0.25, 0.3) is 22.2 Å². The summed E-state index contributed by atoms with van der Waals surface area (Å²) in [5.74, 6) is -1.61. The van der Waals surface area contributed by atoms with Gasteiger partial charge in [0.15, 0.2) is 0 Å². The molecule has 0 aliphatic rings. The number of aromatic nitrogens is 1. The van der Waals surface area contributed by atoms with Gasteiger partial charge in [0, 0.05) is 10.9 Å². The highest BCUT2D eigenvalue weighted by Gasteiger charge is 2.29. The van der Waals surface area contributed by atoms with Crippen LogP contribution in [0.4, 0.5) is 5.00 Å². The van der Waals surface area contributed by atoms with Crippen molar-refractivity contribution >= 4 is 45.1 Å². The molecule has 0 unspecified atom stereocenters. The zero-order valence-electron chi connectivity index (χ0n) is 21.3. The number of thiophene rings is 1. The summed E-state index contributed by atoms with van der Waals surface area (Å²) in [5.41, 5.74) is 3.12. The summed E-state index contributed by atoms with van der Waals surface area (Å²) in [6, 6.07) is 18.7. The van der Waals surface area contributed by atoms with Gasteiger partial charge in [0.25, 0.3) is 5.91 Å². The summed E-state index contributed by atoms with van der Waals surface area (Å²) in [7, 11) is 0. The lowest BCUT2D eigenvalue weighted by Gasteiger charge is -2.12. The summed E-state index contributed by atoms with van der Waals surface area (Å²) in [6.45, 7) is 8.61. The van der Waals surface area contributed by atoms with Crippen LogP contribution in [-0.2, 0) is 9.47 Å². The first-order chi connectivity index (χ1) is 17.7. The maximum atomic E-state index is 13.7. The minimum atomic E-state index is -0.618. The molecule has 0 aliphatic carbocycles. The molecule has 37 heavy (non-hydrogen) atoms. The highest BCUT2D eigenvalue weighted by Crippen LogP contribution is 2.36. The summed E-state index contributed by atoms with van der Waals surface area (Å²) in [6.07, 6.45) is -0.711. The number of nitrogens with zero attached hydrogens (tertiary/aromatic N) is 1. The average Bonchev–Trinajstić information content (AvgIpc) is 3.18. The number of carbonyl (C=O) groups is 3. The van der Waals surface area contributed by atoms with Gasteiger partial charge in [0.1, 0.15) is 9.88 Å². The Labute approximate surface area is 219 Å². The molecule has 2 aromatic carbocycles. The molecule has 0 saturated heterocycles. The van der Waals surface area contributed by atoms with Gasteiger partial charge in [-0.15, -0.1) is 11.3 Å². The minimum Gasteiger partial charge on any atom is -0.459 e. The van der Waals surface area contributed by atoms with Gasteiger partial charge in [-0.3, -0.25) is 4.79 Å². The third kappa shape index (κ3) is 5.70. The molecule has 0 atom stereocenters. The number of carbonyl (C=O) groups excluding carboxylic acids is 3. The predicted molar refractivity (Wildman–Crippen MR) is 145 cm³/mol. The first-order valence-corrected chi connectivity index (χ1v) is 12.8. The highest BCUT2D eigenvalue weighted by molar-refractivity contribution is 7.18. The third-order valence-electron chi connectivity index (χ3n) is 5.48. The standard InChI is InChI=1S/C29H28N2O5S/c1-16(2)35-28(33)24-18(5)25(29(34)36-17(3)4)37-27(24)31-26(32)21-15-23(19-11-7-6-8-12-19)30-22-14-10-9-13-20(21)22/h6-17H,1-5H3,(H,31,32). The molecule has 0 radical (unpaired) electrons. The van der Waals surface area contributed by atoms with Gasteiger partial charge in [-0.05, 0) is 52.3 Å². The number of esters is 2. The quantitative estimate of drug-likeness (QED) is 0.276. The van der Waals surface area contributed by atoms with Crippen molar-refractivity contribution in [2.45, 2.75) is 46.8 Å². The molecule has 0 bridgehead atoms. The van der Waals surface area contributed by atoms with E-state index in [-0.39, 0.29) is 27.6 Å². The van der Waals surface area contributed by atoms with Crippen LogP contribution in [0.2, 0.25) is 0 Å². The topological polar surface area (TPSA) is 94.6 Å². The molecule has 8 heteroatoms. The Kier molecular flexibility index (Phi) is 7.69. The molecule has 0 fully saturated rings. The number of para-hydroxylation sites is 1. The van der Waals surface area contributed by atoms with Crippen molar-refractivity contribution in [3.05, 3.63) is 82.2 Å². The van der Waals surface area contributed by atoms with Crippen molar-refractivity contribution in [1.82, 2.24) is 4.98 Å². The van der Waals surface area contributed by atoms with Crippen molar-refractivity contribution in [2.75, 3.05) is 5.32 Å². The Morgan fingerprint density at radius 1 is 0.865 bits per heavy atom. The van der Waals surface area contributed by atoms with Crippen molar-refractivity contribution in [1.29, 1.82) is 0 Å². The largest absolute Gasteiger partial charge is 0.459 e. The predicted octanol–water partition coefficient (Wildman–Crippen LogP) is 6.65. The van der Waals surface area contributed by atoms with E-state index in [9.17, 15) is 14.4 Å². The fraction of sp³-hybridized carbons (Fsp3) is 0.241. The van der Waals surface area contributed by atoms with Crippen molar-refractivity contribution in [3.63, 3.8) is 0 Å². The van der Waals surface area contributed by atoms with Crippen molar-refractivity contribution in [3.8, 4) is 11.3 Å². The Hall–Kier alpha value is -4.04. The van der Waals surface area contributed by atoms with Crippen LogP contribution in [0.3, 0.4) is 0 Å². The van der Waals surface area contributed by atoms with Gasteiger partial charge in [-0.2, -0.15) is 0 Å². The van der Waals surface area contributed by atoms with E-state index >= 15 is 0 Å². The molecule has 0 spiro atoms. The number of rotatable bonds is 7. The lowest BCUT2D eigenvalue weighted by atomic mass is 10.0. The van der Waals surface area contributed by atoms with Gasteiger partial charge < -0.3 is 14.8 Å².